The standard InChI is InChI=1S/C19H20N4O/c1-3-13-6-9-15(11-12(13)2)23-17-16(5-4-10-20-17)22-18(23)19(24)21-14-7-8-14/h4-6,9-11,14H,3,7-8H2,1-2H3,(H,21,24). The van der Waals surface area contributed by atoms with E-state index in [4.69, 9.17) is 0 Å². The maximum absolute atomic E-state index is 12.6. The second-order valence-corrected chi connectivity index (χ2v) is 6.33. The zero-order chi connectivity index (χ0) is 16.7. The zero-order valence-electron chi connectivity index (χ0n) is 13.9. The lowest BCUT2D eigenvalue weighted by molar-refractivity contribution is 0.0939. The lowest BCUT2D eigenvalue weighted by Gasteiger charge is -2.11. The highest BCUT2D eigenvalue weighted by atomic mass is 16.2. The third kappa shape index (κ3) is 2.56. The number of aromatic nitrogens is 3. The molecule has 1 aliphatic carbocycles. The Morgan fingerprint density at radius 1 is 1.33 bits per heavy atom. The number of nitrogens with zero attached hydrogens (tertiary/aromatic N) is 3. The summed E-state index contributed by atoms with van der Waals surface area (Å²) in [4.78, 5) is 21.6. The molecular formula is C19H20N4O. The van der Waals surface area contributed by atoms with E-state index in [9.17, 15) is 4.79 Å². The molecule has 4 rings (SSSR count). The topological polar surface area (TPSA) is 59.8 Å². The van der Waals surface area contributed by atoms with Gasteiger partial charge in [-0.2, -0.15) is 0 Å². The van der Waals surface area contributed by atoms with Gasteiger partial charge >= 0.3 is 0 Å². The molecule has 5 heteroatoms. The van der Waals surface area contributed by atoms with Crippen LogP contribution in [0.4, 0.5) is 0 Å². The molecule has 2 heterocycles. The van der Waals surface area contributed by atoms with E-state index in [1.54, 1.807) is 6.20 Å². The Morgan fingerprint density at radius 3 is 2.88 bits per heavy atom. The molecule has 0 bridgehead atoms. The molecule has 1 aromatic carbocycles. The Labute approximate surface area is 140 Å². The molecule has 1 saturated carbocycles. The normalized spacial score (nSPS) is 14.1. The summed E-state index contributed by atoms with van der Waals surface area (Å²) in [5.41, 5.74) is 4.88. The number of carbonyl (C=O) groups excluding carboxylic acids is 1. The van der Waals surface area contributed by atoms with Crippen LogP contribution in [0.15, 0.2) is 36.5 Å². The molecule has 0 atom stereocenters. The van der Waals surface area contributed by atoms with E-state index in [1.807, 2.05) is 22.8 Å². The third-order valence-electron chi connectivity index (χ3n) is 4.50. The minimum absolute atomic E-state index is 0.132. The summed E-state index contributed by atoms with van der Waals surface area (Å²) in [6, 6.07) is 10.3. The molecule has 1 N–H and O–H groups in total. The molecule has 0 radical (unpaired) electrons. The van der Waals surface area contributed by atoms with E-state index in [2.05, 4.69) is 41.3 Å². The van der Waals surface area contributed by atoms with Crippen LogP contribution in [0.3, 0.4) is 0 Å². The van der Waals surface area contributed by atoms with Gasteiger partial charge < -0.3 is 5.32 Å². The van der Waals surface area contributed by atoms with Crippen LogP contribution >= 0.6 is 0 Å². The predicted molar refractivity (Wildman–Crippen MR) is 93.5 cm³/mol. The van der Waals surface area contributed by atoms with Crippen molar-refractivity contribution < 1.29 is 4.79 Å². The van der Waals surface area contributed by atoms with Crippen LogP contribution in [-0.2, 0) is 6.42 Å². The first-order valence-electron chi connectivity index (χ1n) is 8.41. The van der Waals surface area contributed by atoms with Crippen LogP contribution in [0.25, 0.3) is 16.9 Å². The average Bonchev–Trinajstić information content (AvgIpc) is 3.31. The van der Waals surface area contributed by atoms with Gasteiger partial charge in [-0.25, -0.2) is 9.97 Å². The highest BCUT2D eigenvalue weighted by molar-refractivity contribution is 5.95. The van der Waals surface area contributed by atoms with Crippen molar-refractivity contribution in [2.24, 2.45) is 0 Å². The minimum atomic E-state index is -0.132. The molecule has 122 valence electrons. The maximum atomic E-state index is 12.6. The van der Waals surface area contributed by atoms with Crippen molar-refractivity contribution in [3.63, 3.8) is 0 Å². The molecule has 0 saturated heterocycles. The van der Waals surface area contributed by atoms with E-state index >= 15 is 0 Å². The number of rotatable bonds is 4. The summed E-state index contributed by atoms with van der Waals surface area (Å²) in [5, 5.41) is 3.03. The van der Waals surface area contributed by atoms with E-state index in [0.717, 1.165) is 30.5 Å². The Bertz CT molecular complexity index is 924. The second kappa shape index (κ2) is 5.74. The fourth-order valence-corrected chi connectivity index (χ4v) is 3.00. The van der Waals surface area contributed by atoms with Crippen LogP contribution in [0.5, 0.6) is 0 Å². The van der Waals surface area contributed by atoms with Crippen LogP contribution in [0, 0.1) is 6.92 Å². The molecule has 0 unspecified atom stereocenters. The Morgan fingerprint density at radius 2 is 2.17 bits per heavy atom. The van der Waals surface area contributed by atoms with E-state index in [1.165, 1.54) is 11.1 Å². The first kappa shape index (κ1) is 14.9. The van der Waals surface area contributed by atoms with Gasteiger partial charge in [0.05, 0.1) is 0 Å². The Hall–Kier alpha value is -2.69. The van der Waals surface area contributed by atoms with Crippen molar-refractivity contribution in [3.8, 4) is 5.69 Å². The number of carbonyl (C=O) groups is 1. The second-order valence-electron chi connectivity index (χ2n) is 6.33. The van der Waals surface area contributed by atoms with Gasteiger partial charge in [0.15, 0.2) is 5.65 Å². The van der Waals surface area contributed by atoms with Gasteiger partial charge in [0.25, 0.3) is 5.91 Å². The van der Waals surface area contributed by atoms with Crippen molar-refractivity contribution >= 4 is 17.1 Å². The molecule has 1 amide bonds. The number of benzene rings is 1. The number of pyridine rings is 1. The number of nitrogens with one attached hydrogen (secondary N) is 1. The summed E-state index contributed by atoms with van der Waals surface area (Å²) in [5.74, 6) is 0.270. The molecule has 0 spiro atoms. The van der Waals surface area contributed by atoms with Gasteiger partial charge in [0.1, 0.15) is 5.52 Å². The summed E-state index contributed by atoms with van der Waals surface area (Å²) in [6.07, 6.45) is 4.82. The number of imidazole rings is 1. The quantitative estimate of drug-likeness (QED) is 0.803. The van der Waals surface area contributed by atoms with Crippen molar-refractivity contribution in [1.82, 2.24) is 19.9 Å². The van der Waals surface area contributed by atoms with E-state index < -0.39 is 0 Å². The van der Waals surface area contributed by atoms with Crippen molar-refractivity contribution in [1.29, 1.82) is 0 Å². The van der Waals surface area contributed by atoms with Crippen LogP contribution in [0.2, 0.25) is 0 Å². The van der Waals surface area contributed by atoms with Crippen molar-refractivity contribution in [2.75, 3.05) is 0 Å². The highest BCUT2D eigenvalue weighted by Gasteiger charge is 2.27. The van der Waals surface area contributed by atoms with Gasteiger partial charge in [-0.05, 0) is 61.6 Å². The zero-order valence-corrected chi connectivity index (χ0v) is 13.9. The minimum Gasteiger partial charge on any atom is -0.347 e. The predicted octanol–water partition coefficient (Wildman–Crippen LogP) is 3.18. The smallest absolute Gasteiger partial charge is 0.287 e. The third-order valence-corrected chi connectivity index (χ3v) is 4.50. The SMILES string of the molecule is CCc1ccc(-n2c(C(=O)NC3CC3)nc3cccnc32)cc1C. The summed E-state index contributed by atoms with van der Waals surface area (Å²) < 4.78 is 1.86. The fraction of sp³-hybridized carbons (Fsp3) is 0.316. The molecule has 24 heavy (non-hydrogen) atoms. The highest BCUT2D eigenvalue weighted by Crippen LogP contribution is 2.24. The number of hydrogen-bond acceptors (Lipinski definition) is 3. The van der Waals surface area contributed by atoms with Gasteiger partial charge in [0, 0.05) is 17.9 Å². The number of amides is 1. The largest absolute Gasteiger partial charge is 0.347 e. The van der Waals surface area contributed by atoms with Crippen LogP contribution < -0.4 is 5.32 Å². The Balaban J connectivity index is 1.88. The summed E-state index contributed by atoms with van der Waals surface area (Å²) >= 11 is 0. The van der Waals surface area contributed by atoms with Crippen LogP contribution in [0.1, 0.15) is 41.5 Å². The lowest BCUT2D eigenvalue weighted by Crippen LogP contribution is -2.28. The first-order chi connectivity index (χ1) is 11.7. The summed E-state index contributed by atoms with van der Waals surface area (Å²) in [7, 11) is 0. The molecule has 5 nitrogen and oxygen atoms in total. The average molecular weight is 320 g/mol. The van der Waals surface area contributed by atoms with Gasteiger partial charge in [0.2, 0.25) is 5.82 Å². The van der Waals surface area contributed by atoms with Crippen molar-refractivity contribution in [3.05, 3.63) is 53.5 Å². The molecule has 1 aliphatic rings. The molecule has 2 aromatic heterocycles. The molecule has 1 fully saturated rings. The molecule has 0 aliphatic heterocycles. The number of aryl methyl sites for hydroxylation is 2. The first-order valence-corrected chi connectivity index (χ1v) is 8.41. The number of fused-ring (bicyclic) bond motifs is 1. The van der Waals surface area contributed by atoms with E-state index in [0.29, 0.717) is 17.5 Å². The van der Waals surface area contributed by atoms with Gasteiger partial charge in [-0.1, -0.05) is 13.0 Å². The van der Waals surface area contributed by atoms with Gasteiger partial charge in [-0.15, -0.1) is 0 Å². The Kier molecular flexibility index (Phi) is 3.56. The monoisotopic (exact) mass is 320 g/mol. The fourth-order valence-electron chi connectivity index (χ4n) is 3.00. The maximum Gasteiger partial charge on any atom is 0.287 e. The van der Waals surface area contributed by atoms with Crippen LogP contribution in [-0.4, -0.2) is 26.5 Å². The number of hydrogen-bond donors (Lipinski definition) is 1. The lowest BCUT2D eigenvalue weighted by atomic mass is 10.1. The summed E-state index contributed by atoms with van der Waals surface area (Å²) in [6.45, 7) is 4.24. The molecule has 3 aromatic rings. The van der Waals surface area contributed by atoms with Gasteiger partial charge in [-0.3, -0.25) is 9.36 Å². The molecular weight excluding hydrogens is 300 g/mol. The van der Waals surface area contributed by atoms with Crippen molar-refractivity contribution in [2.45, 2.75) is 39.2 Å². The van der Waals surface area contributed by atoms with E-state index in [-0.39, 0.29) is 5.91 Å².